The average Bonchev–Trinajstić information content (AvgIpc) is 2.67. The lowest BCUT2D eigenvalue weighted by molar-refractivity contribution is -0.133. The first-order valence-electron chi connectivity index (χ1n) is 8.64. The number of rotatable bonds is 5. The van der Waals surface area contributed by atoms with Crippen molar-refractivity contribution in [2.45, 2.75) is 31.8 Å². The van der Waals surface area contributed by atoms with Gasteiger partial charge in [0.05, 0.1) is 6.10 Å². The van der Waals surface area contributed by atoms with Gasteiger partial charge in [0.25, 0.3) is 0 Å². The molecule has 0 spiro atoms. The minimum absolute atomic E-state index is 0.200. The quantitative estimate of drug-likeness (QED) is 0.920. The molecule has 1 atom stereocenters. The number of hydrogen-bond donors (Lipinski definition) is 1. The zero-order chi connectivity index (χ0) is 16.8. The van der Waals surface area contributed by atoms with Gasteiger partial charge in [0, 0.05) is 31.9 Å². The molecule has 1 saturated heterocycles. The Bertz CT molecular complexity index is 637. The molecule has 1 aromatic carbocycles. The van der Waals surface area contributed by atoms with Gasteiger partial charge in [-0.25, -0.2) is 0 Å². The number of aryl methyl sites for hydroxylation is 1. The van der Waals surface area contributed by atoms with Gasteiger partial charge in [-0.05, 0) is 42.4 Å². The topological polar surface area (TPSA) is 53.4 Å². The van der Waals surface area contributed by atoms with E-state index in [4.69, 9.17) is 0 Å². The molecule has 4 nitrogen and oxygen atoms in total. The second-order valence-electron chi connectivity index (χ2n) is 6.44. The smallest absolute Gasteiger partial charge is 0.222 e. The monoisotopic (exact) mass is 324 g/mol. The molecule has 24 heavy (non-hydrogen) atoms. The zero-order valence-corrected chi connectivity index (χ0v) is 13.8. The fourth-order valence-electron chi connectivity index (χ4n) is 3.34. The number of pyridine rings is 1. The Morgan fingerprint density at radius 3 is 2.58 bits per heavy atom. The third kappa shape index (κ3) is 4.20. The molecule has 1 N–H and O–H groups in total. The fourth-order valence-corrected chi connectivity index (χ4v) is 3.34. The number of aliphatic hydroxyl groups is 1. The Hall–Kier alpha value is -2.20. The third-order valence-corrected chi connectivity index (χ3v) is 4.83. The van der Waals surface area contributed by atoms with E-state index in [1.807, 2.05) is 53.6 Å². The van der Waals surface area contributed by atoms with E-state index in [0.717, 1.165) is 43.5 Å². The maximum Gasteiger partial charge on any atom is 0.222 e. The van der Waals surface area contributed by atoms with Gasteiger partial charge in [-0.2, -0.15) is 0 Å². The van der Waals surface area contributed by atoms with E-state index >= 15 is 0 Å². The molecular formula is C20H24N2O2. The number of aromatic nitrogens is 1. The van der Waals surface area contributed by atoms with Crippen LogP contribution in [0.15, 0.2) is 54.9 Å². The van der Waals surface area contributed by atoms with Crippen molar-refractivity contribution in [3.8, 4) is 0 Å². The first-order valence-corrected chi connectivity index (χ1v) is 8.64. The maximum absolute atomic E-state index is 12.4. The number of nitrogens with zero attached hydrogens (tertiary/aromatic N) is 2. The molecule has 1 aromatic heterocycles. The number of hydrogen-bond acceptors (Lipinski definition) is 3. The number of likely N-dealkylation sites (tertiary alicyclic amines) is 1. The number of benzene rings is 1. The van der Waals surface area contributed by atoms with Crippen molar-refractivity contribution in [2.75, 3.05) is 13.1 Å². The largest absolute Gasteiger partial charge is 0.388 e. The molecule has 0 bridgehead atoms. The molecule has 2 aromatic rings. The lowest BCUT2D eigenvalue weighted by atomic mass is 9.87. The predicted octanol–water partition coefficient (Wildman–Crippen LogP) is 2.99. The van der Waals surface area contributed by atoms with E-state index in [1.54, 1.807) is 6.20 Å². The standard InChI is InChI=1S/C20H24N2O2/c23-19(9-8-16-5-4-12-21-15-16)22-13-10-18(11-14-22)20(24)17-6-2-1-3-7-17/h1-7,12,15,18,20,24H,8-11,13-14H2. The van der Waals surface area contributed by atoms with Crippen LogP contribution in [0.4, 0.5) is 0 Å². The summed E-state index contributed by atoms with van der Waals surface area (Å²) in [4.78, 5) is 18.4. The van der Waals surface area contributed by atoms with E-state index in [9.17, 15) is 9.90 Å². The lowest BCUT2D eigenvalue weighted by Gasteiger charge is -2.34. The van der Waals surface area contributed by atoms with Crippen LogP contribution >= 0.6 is 0 Å². The summed E-state index contributed by atoms with van der Waals surface area (Å²) < 4.78 is 0. The minimum atomic E-state index is -0.432. The minimum Gasteiger partial charge on any atom is -0.388 e. The molecule has 0 saturated carbocycles. The van der Waals surface area contributed by atoms with Crippen LogP contribution in [0, 0.1) is 5.92 Å². The van der Waals surface area contributed by atoms with Crippen LogP contribution in [-0.4, -0.2) is 34.0 Å². The van der Waals surface area contributed by atoms with Crippen molar-refractivity contribution in [3.63, 3.8) is 0 Å². The van der Waals surface area contributed by atoms with Gasteiger partial charge < -0.3 is 10.0 Å². The number of piperidine rings is 1. The number of carbonyl (C=O) groups is 1. The molecule has 1 aliphatic heterocycles. The van der Waals surface area contributed by atoms with Crippen LogP contribution in [-0.2, 0) is 11.2 Å². The maximum atomic E-state index is 12.4. The molecule has 4 heteroatoms. The van der Waals surface area contributed by atoms with E-state index in [-0.39, 0.29) is 11.8 Å². The summed E-state index contributed by atoms with van der Waals surface area (Å²) in [6.07, 6.45) is 6.10. The number of aliphatic hydroxyl groups excluding tert-OH is 1. The van der Waals surface area contributed by atoms with Gasteiger partial charge in [0.2, 0.25) is 5.91 Å². The molecular weight excluding hydrogens is 300 g/mol. The van der Waals surface area contributed by atoms with Crippen molar-refractivity contribution < 1.29 is 9.90 Å². The molecule has 0 radical (unpaired) electrons. The van der Waals surface area contributed by atoms with Crippen molar-refractivity contribution in [3.05, 3.63) is 66.0 Å². The summed E-state index contributed by atoms with van der Waals surface area (Å²) in [5.74, 6) is 0.432. The molecule has 1 aliphatic rings. The van der Waals surface area contributed by atoms with Crippen molar-refractivity contribution in [1.82, 2.24) is 9.88 Å². The average molecular weight is 324 g/mol. The second-order valence-corrected chi connectivity index (χ2v) is 6.44. The summed E-state index contributed by atoms with van der Waals surface area (Å²) in [5.41, 5.74) is 2.07. The molecule has 0 aliphatic carbocycles. The van der Waals surface area contributed by atoms with Gasteiger partial charge in [0.15, 0.2) is 0 Å². The Balaban J connectivity index is 1.47. The Labute approximate surface area is 143 Å². The summed E-state index contributed by atoms with van der Waals surface area (Å²) in [7, 11) is 0. The van der Waals surface area contributed by atoms with Gasteiger partial charge in [-0.15, -0.1) is 0 Å². The van der Waals surface area contributed by atoms with Crippen LogP contribution in [0.2, 0.25) is 0 Å². The summed E-state index contributed by atoms with van der Waals surface area (Å²) in [5, 5.41) is 10.5. The zero-order valence-electron chi connectivity index (χ0n) is 13.8. The van der Waals surface area contributed by atoms with E-state index in [2.05, 4.69) is 4.98 Å². The number of amides is 1. The van der Waals surface area contributed by atoms with Crippen molar-refractivity contribution in [2.24, 2.45) is 5.92 Å². The highest BCUT2D eigenvalue weighted by Crippen LogP contribution is 2.30. The van der Waals surface area contributed by atoms with Crippen LogP contribution in [0.5, 0.6) is 0 Å². The van der Waals surface area contributed by atoms with Crippen LogP contribution in [0.25, 0.3) is 0 Å². The Morgan fingerprint density at radius 2 is 1.92 bits per heavy atom. The predicted molar refractivity (Wildman–Crippen MR) is 93.3 cm³/mol. The summed E-state index contributed by atoms with van der Waals surface area (Å²) in [6, 6.07) is 13.7. The third-order valence-electron chi connectivity index (χ3n) is 4.83. The Morgan fingerprint density at radius 1 is 1.17 bits per heavy atom. The van der Waals surface area contributed by atoms with Gasteiger partial charge in [-0.1, -0.05) is 36.4 Å². The van der Waals surface area contributed by atoms with Crippen LogP contribution in [0.3, 0.4) is 0 Å². The highest BCUT2D eigenvalue weighted by Gasteiger charge is 2.27. The molecule has 3 rings (SSSR count). The first-order chi connectivity index (χ1) is 11.7. The molecule has 1 fully saturated rings. The molecule has 2 heterocycles. The molecule has 1 unspecified atom stereocenters. The first kappa shape index (κ1) is 16.7. The number of carbonyl (C=O) groups excluding carboxylic acids is 1. The van der Waals surface area contributed by atoms with E-state index in [0.29, 0.717) is 6.42 Å². The van der Waals surface area contributed by atoms with Crippen molar-refractivity contribution in [1.29, 1.82) is 0 Å². The highest BCUT2D eigenvalue weighted by atomic mass is 16.3. The second kappa shape index (κ2) is 8.06. The van der Waals surface area contributed by atoms with Gasteiger partial charge in [-0.3, -0.25) is 9.78 Å². The summed E-state index contributed by atoms with van der Waals surface area (Å²) >= 11 is 0. The van der Waals surface area contributed by atoms with Crippen molar-refractivity contribution >= 4 is 5.91 Å². The normalized spacial score (nSPS) is 16.8. The summed E-state index contributed by atoms with van der Waals surface area (Å²) in [6.45, 7) is 1.47. The molecule has 1 amide bonds. The van der Waals surface area contributed by atoms with Gasteiger partial charge in [0.1, 0.15) is 0 Å². The highest BCUT2D eigenvalue weighted by molar-refractivity contribution is 5.76. The lowest BCUT2D eigenvalue weighted by Crippen LogP contribution is -2.39. The molecule has 126 valence electrons. The van der Waals surface area contributed by atoms with E-state index in [1.165, 1.54) is 0 Å². The Kier molecular flexibility index (Phi) is 5.59. The van der Waals surface area contributed by atoms with Crippen LogP contribution < -0.4 is 0 Å². The van der Waals surface area contributed by atoms with Crippen LogP contribution in [0.1, 0.15) is 36.5 Å². The van der Waals surface area contributed by atoms with E-state index < -0.39 is 6.10 Å². The SMILES string of the molecule is O=C(CCc1cccnc1)N1CCC(C(O)c2ccccc2)CC1. The fraction of sp³-hybridized carbons (Fsp3) is 0.400. The van der Waals surface area contributed by atoms with Gasteiger partial charge >= 0.3 is 0 Å².